The molecule has 2 fully saturated rings. The Morgan fingerprint density at radius 2 is 2.33 bits per heavy atom. The summed E-state index contributed by atoms with van der Waals surface area (Å²) in [7, 11) is 0. The van der Waals surface area contributed by atoms with E-state index >= 15 is 0 Å². The number of fused-ring (bicyclic) bond motifs is 1. The minimum absolute atomic E-state index is 0.495. The normalized spacial score (nSPS) is 40.4. The third kappa shape index (κ3) is 1.53. The molecule has 3 heteroatoms. The van der Waals surface area contributed by atoms with Gasteiger partial charge in [0.05, 0.1) is 0 Å². The Morgan fingerprint density at radius 1 is 1.50 bits per heavy atom. The monoisotopic (exact) mass is 202 g/mol. The van der Waals surface area contributed by atoms with Crippen molar-refractivity contribution in [2.24, 2.45) is 11.8 Å². The first-order valence-electron chi connectivity index (χ1n) is 4.55. The SMILES string of the molecule is O=C1C[C@@H]2CSC(CCS)[C@@H]2C1. The maximum atomic E-state index is 11.2. The van der Waals surface area contributed by atoms with E-state index in [1.54, 1.807) is 0 Å². The van der Waals surface area contributed by atoms with Crippen molar-refractivity contribution in [2.45, 2.75) is 24.5 Å². The van der Waals surface area contributed by atoms with Gasteiger partial charge >= 0.3 is 0 Å². The third-order valence-corrected chi connectivity index (χ3v) is 4.87. The molecule has 0 aromatic carbocycles. The molecule has 1 unspecified atom stereocenters. The van der Waals surface area contributed by atoms with E-state index < -0.39 is 0 Å². The van der Waals surface area contributed by atoms with Gasteiger partial charge in [-0.3, -0.25) is 4.79 Å². The first-order chi connectivity index (χ1) is 5.81. The lowest BCUT2D eigenvalue weighted by Crippen LogP contribution is -2.14. The Labute approximate surface area is 83.1 Å². The fraction of sp³-hybridized carbons (Fsp3) is 0.889. The van der Waals surface area contributed by atoms with Crippen LogP contribution in [0.4, 0.5) is 0 Å². The van der Waals surface area contributed by atoms with Crippen molar-refractivity contribution < 1.29 is 4.79 Å². The third-order valence-electron chi connectivity index (χ3n) is 2.97. The van der Waals surface area contributed by atoms with Crippen molar-refractivity contribution in [3.8, 4) is 0 Å². The highest BCUT2D eigenvalue weighted by molar-refractivity contribution is 8.00. The molecule has 0 amide bonds. The van der Waals surface area contributed by atoms with Gasteiger partial charge in [-0.2, -0.15) is 24.4 Å². The molecular weight excluding hydrogens is 188 g/mol. The Hall–Kier alpha value is 0.370. The molecule has 3 atom stereocenters. The molecule has 0 aromatic heterocycles. The van der Waals surface area contributed by atoms with Gasteiger partial charge in [-0.05, 0) is 29.8 Å². The van der Waals surface area contributed by atoms with E-state index in [1.807, 2.05) is 0 Å². The zero-order valence-corrected chi connectivity index (χ0v) is 8.74. The summed E-state index contributed by atoms with van der Waals surface area (Å²) in [5.41, 5.74) is 0. The van der Waals surface area contributed by atoms with Crippen LogP contribution in [0.15, 0.2) is 0 Å². The molecule has 1 saturated carbocycles. The van der Waals surface area contributed by atoms with Crippen molar-refractivity contribution in [3.05, 3.63) is 0 Å². The van der Waals surface area contributed by atoms with Gasteiger partial charge in [0.25, 0.3) is 0 Å². The van der Waals surface area contributed by atoms with Crippen LogP contribution in [-0.4, -0.2) is 22.5 Å². The number of carbonyl (C=O) groups excluding carboxylic acids is 1. The molecule has 68 valence electrons. The van der Waals surface area contributed by atoms with E-state index in [0.717, 1.165) is 23.8 Å². The second kappa shape index (κ2) is 3.62. The van der Waals surface area contributed by atoms with Gasteiger partial charge in [-0.1, -0.05) is 0 Å². The highest BCUT2D eigenvalue weighted by atomic mass is 32.2. The lowest BCUT2D eigenvalue weighted by Gasteiger charge is -2.14. The molecule has 2 rings (SSSR count). The average Bonchev–Trinajstić information content (AvgIpc) is 2.52. The van der Waals surface area contributed by atoms with Crippen LogP contribution in [0.2, 0.25) is 0 Å². The zero-order chi connectivity index (χ0) is 8.55. The fourth-order valence-corrected chi connectivity index (χ4v) is 4.53. The second-order valence-electron chi connectivity index (χ2n) is 3.75. The van der Waals surface area contributed by atoms with Crippen LogP contribution in [0, 0.1) is 11.8 Å². The van der Waals surface area contributed by atoms with Gasteiger partial charge in [0, 0.05) is 18.1 Å². The number of thiol groups is 1. The van der Waals surface area contributed by atoms with Gasteiger partial charge in [-0.25, -0.2) is 0 Å². The number of hydrogen-bond donors (Lipinski definition) is 1. The number of carbonyl (C=O) groups is 1. The molecule has 0 aromatic rings. The molecule has 1 nitrogen and oxygen atoms in total. The van der Waals surface area contributed by atoms with E-state index in [0.29, 0.717) is 17.6 Å². The molecule has 1 heterocycles. The topological polar surface area (TPSA) is 17.1 Å². The predicted octanol–water partition coefficient (Wildman–Crippen LogP) is 2.02. The zero-order valence-electron chi connectivity index (χ0n) is 7.03. The van der Waals surface area contributed by atoms with Gasteiger partial charge < -0.3 is 0 Å². The van der Waals surface area contributed by atoms with Gasteiger partial charge in [0.1, 0.15) is 5.78 Å². The predicted molar refractivity (Wildman–Crippen MR) is 55.9 cm³/mol. The van der Waals surface area contributed by atoms with Gasteiger partial charge in [0.2, 0.25) is 0 Å². The summed E-state index contributed by atoms with van der Waals surface area (Å²) in [6.45, 7) is 0. The molecule has 0 radical (unpaired) electrons. The Kier molecular flexibility index (Phi) is 2.70. The van der Waals surface area contributed by atoms with Crippen LogP contribution in [0.3, 0.4) is 0 Å². The summed E-state index contributed by atoms with van der Waals surface area (Å²) in [6.07, 6.45) is 2.90. The van der Waals surface area contributed by atoms with Crippen molar-refractivity contribution in [2.75, 3.05) is 11.5 Å². The number of Topliss-reactive ketones (excluding diaryl/α,β-unsaturated/α-hetero) is 1. The molecule has 1 aliphatic heterocycles. The summed E-state index contributed by atoms with van der Waals surface area (Å²) in [6, 6.07) is 0. The molecule has 0 spiro atoms. The minimum atomic E-state index is 0.495. The highest BCUT2D eigenvalue weighted by Gasteiger charge is 2.42. The Balaban J connectivity index is 1.98. The number of ketones is 1. The van der Waals surface area contributed by atoms with Crippen LogP contribution in [0.25, 0.3) is 0 Å². The standard InChI is InChI=1S/C9H14OS2/c10-7-3-6-5-12-9(1-2-11)8(6)4-7/h6,8-9,11H,1-5H2/t6-,8-,9?/m1/s1. The van der Waals surface area contributed by atoms with Gasteiger partial charge in [0.15, 0.2) is 0 Å². The maximum Gasteiger partial charge on any atom is 0.133 e. The first kappa shape index (κ1) is 8.95. The maximum absolute atomic E-state index is 11.2. The molecule has 0 N–H and O–H groups in total. The summed E-state index contributed by atoms with van der Waals surface area (Å²) in [5.74, 6) is 4.10. The van der Waals surface area contributed by atoms with Crippen LogP contribution in [0.1, 0.15) is 19.3 Å². The molecule has 0 bridgehead atoms. The lowest BCUT2D eigenvalue weighted by atomic mass is 9.94. The fourth-order valence-electron chi connectivity index (χ4n) is 2.37. The number of thioether (sulfide) groups is 1. The largest absolute Gasteiger partial charge is 0.300 e. The van der Waals surface area contributed by atoms with Crippen molar-refractivity contribution in [1.82, 2.24) is 0 Å². The van der Waals surface area contributed by atoms with Crippen molar-refractivity contribution in [1.29, 1.82) is 0 Å². The number of rotatable bonds is 2. The van der Waals surface area contributed by atoms with E-state index in [1.165, 1.54) is 12.2 Å². The van der Waals surface area contributed by atoms with E-state index in [9.17, 15) is 4.79 Å². The summed E-state index contributed by atoms with van der Waals surface area (Å²) in [4.78, 5) is 11.2. The van der Waals surface area contributed by atoms with Crippen LogP contribution < -0.4 is 0 Å². The highest BCUT2D eigenvalue weighted by Crippen LogP contribution is 2.46. The van der Waals surface area contributed by atoms with Crippen LogP contribution >= 0.6 is 24.4 Å². The van der Waals surface area contributed by atoms with Crippen molar-refractivity contribution in [3.63, 3.8) is 0 Å². The molecular formula is C9H14OS2. The first-order valence-corrected chi connectivity index (χ1v) is 6.23. The molecule has 2 aliphatic rings. The Bertz CT molecular complexity index is 191. The minimum Gasteiger partial charge on any atom is -0.300 e. The smallest absolute Gasteiger partial charge is 0.133 e. The van der Waals surface area contributed by atoms with E-state index in [4.69, 9.17) is 0 Å². The Morgan fingerprint density at radius 3 is 3.08 bits per heavy atom. The second-order valence-corrected chi connectivity index (χ2v) is 5.47. The number of hydrogen-bond acceptors (Lipinski definition) is 3. The molecule has 12 heavy (non-hydrogen) atoms. The summed E-state index contributed by atoms with van der Waals surface area (Å²) >= 11 is 6.31. The quantitative estimate of drug-likeness (QED) is 0.690. The lowest BCUT2D eigenvalue weighted by molar-refractivity contribution is -0.117. The van der Waals surface area contributed by atoms with Gasteiger partial charge in [-0.15, -0.1) is 0 Å². The van der Waals surface area contributed by atoms with E-state index in [-0.39, 0.29) is 0 Å². The van der Waals surface area contributed by atoms with E-state index in [2.05, 4.69) is 24.4 Å². The summed E-state index contributed by atoms with van der Waals surface area (Å²) < 4.78 is 0. The van der Waals surface area contributed by atoms with Crippen LogP contribution in [0.5, 0.6) is 0 Å². The molecule has 1 aliphatic carbocycles. The van der Waals surface area contributed by atoms with Crippen molar-refractivity contribution >= 4 is 30.2 Å². The molecule has 1 saturated heterocycles. The summed E-state index contributed by atoms with van der Waals surface area (Å²) in [5, 5.41) is 0.735. The van der Waals surface area contributed by atoms with Crippen LogP contribution in [-0.2, 0) is 4.79 Å². The average molecular weight is 202 g/mol.